The number of benzene rings is 1. The average Bonchev–Trinajstić information content (AvgIpc) is 2.91. The Morgan fingerprint density at radius 2 is 1.72 bits per heavy atom. The number of aliphatic carboxylic acids is 1. The van der Waals surface area contributed by atoms with Crippen LogP contribution in [0.1, 0.15) is 83.5 Å². The van der Waals surface area contributed by atoms with Crippen molar-refractivity contribution in [1.82, 2.24) is 5.32 Å². The van der Waals surface area contributed by atoms with E-state index < -0.39 is 65.1 Å². The number of phenols is 1. The van der Waals surface area contributed by atoms with Gasteiger partial charge < -0.3 is 30.3 Å². The molecule has 1 aliphatic heterocycles. The number of unbranched alkanes of at least 4 members (excludes halogenated alkanes) is 3. The van der Waals surface area contributed by atoms with Crippen LogP contribution >= 0.6 is 0 Å². The Bertz CT molecular complexity index is 1060. The lowest BCUT2D eigenvalue weighted by atomic mass is 9.65. The van der Waals surface area contributed by atoms with Crippen molar-refractivity contribution in [2.45, 2.75) is 91.4 Å². The van der Waals surface area contributed by atoms with Crippen molar-refractivity contribution in [3.8, 4) is 5.75 Å². The summed E-state index contributed by atoms with van der Waals surface area (Å²) in [5.74, 6) is -5.78. The fraction of sp³-hybridized carbons (Fsp3) is 0.607. The maximum Gasteiger partial charge on any atom is 0.332 e. The van der Waals surface area contributed by atoms with E-state index in [1.165, 1.54) is 25.1 Å². The highest BCUT2D eigenvalue weighted by atomic mass is 16.6. The number of cyclic esters (lactones) is 2. The normalized spacial score (nSPS) is 25.1. The lowest BCUT2D eigenvalue weighted by Gasteiger charge is -2.40. The van der Waals surface area contributed by atoms with Gasteiger partial charge in [-0.2, -0.15) is 0 Å². The summed E-state index contributed by atoms with van der Waals surface area (Å²) in [4.78, 5) is 63.1. The summed E-state index contributed by atoms with van der Waals surface area (Å²) in [5.41, 5.74) is -1.63. The van der Waals surface area contributed by atoms with E-state index in [4.69, 9.17) is 9.47 Å². The number of para-hydroxylation sites is 1. The van der Waals surface area contributed by atoms with E-state index in [9.17, 15) is 34.2 Å². The van der Waals surface area contributed by atoms with Gasteiger partial charge in [0.15, 0.2) is 11.8 Å². The highest BCUT2D eigenvalue weighted by Gasteiger charge is 2.52. The number of carboxylic acids is 1. The number of carbonyl (C=O) groups is 5. The zero-order valence-corrected chi connectivity index (χ0v) is 23.2. The molecule has 39 heavy (non-hydrogen) atoms. The molecule has 1 aromatic carbocycles. The molecule has 2 rings (SSSR count). The van der Waals surface area contributed by atoms with Gasteiger partial charge in [-0.15, -0.1) is 0 Å². The number of esters is 2. The van der Waals surface area contributed by atoms with Gasteiger partial charge in [0.05, 0.1) is 22.6 Å². The predicted octanol–water partition coefficient (Wildman–Crippen LogP) is 3.64. The molecule has 0 saturated carbocycles. The van der Waals surface area contributed by atoms with Crippen LogP contribution < -0.4 is 10.6 Å². The SMILES string of the molecule is CCCCCC[C@H]1C(=O)O[C@H](C)[C@H](NC(=O)c2cccc(NC=O)c2O)C(=O)O[C@@H](C)[C@H]1C(C)(CC)C(=O)O. The van der Waals surface area contributed by atoms with Gasteiger partial charge in [-0.1, -0.05) is 45.6 Å². The van der Waals surface area contributed by atoms with E-state index in [1.54, 1.807) is 20.8 Å². The molecule has 11 nitrogen and oxygen atoms in total. The molecule has 0 aliphatic carbocycles. The first-order chi connectivity index (χ1) is 18.4. The number of nitrogens with one attached hydrogen (secondary N) is 2. The van der Waals surface area contributed by atoms with Crippen LogP contribution in [0.4, 0.5) is 5.69 Å². The molecular formula is C28H40N2O9. The van der Waals surface area contributed by atoms with E-state index in [2.05, 4.69) is 17.6 Å². The lowest BCUT2D eigenvalue weighted by molar-refractivity contribution is -0.171. The molecule has 1 unspecified atom stereocenters. The van der Waals surface area contributed by atoms with Crippen molar-refractivity contribution in [1.29, 1.82) is 0 Å². The molecule has 1 saturated heterocycles. The van der Waals surface area contributed by atoms with Crippen molar-refractivity contribution in [2.75, 3.05) is 5.32 Å². The molecule has 4 N–H and O–H groups in total. The summed E-state index contributed by atoms with van der Waals surface area (Å²) < 4.78 is 11.4. The second-order valence-corrected chi connectivity index (χ2v) is 10.3. The molecule has 0 radical (unpaired) electrons. The van der Waals surface area contributed by atoms with E-state index in [0.29, 0.717) is 19.3 Å². The van der Waals surface area contributed by atoms with Crippen molar-refractivity contribution >= 4 is 35.9 Å². The van der Waals surface area contributed by atoms with Gasteiger partial charge in [0, 0.05) is 5.92 Å². The fourth-order valence-corrected chi connectivity index (χ4v) is 5.22. The van der Waals surface area contributed by atoms with E-state index >= 15 is 0 Å². The summed E-state index contributed by atoms with van der Waals surface area (Å²) in [6.45, 7) is 8.30. The van der Waals surface area contributed by atoms with E-state index in [0.717, 1.165) is 19.3 Å². The number of carboxylic acid groups (broad SMARTS) is 1. The second-order valence-electron chi connectivity index (χ2n) is 10.3. The fourth-order valence-electron chi connectivity index (χ4n) is 5.22. The van der Waals surface area contributed by atoms with Gasteiger partial charge in [0.25, 0.3) is 5.91 Å². The van der Waals surface area contributed by atoms with Crippen LogP contribution in [0.15, 0.2) is 18.2 Å². The molecule has 1 aromatic rings. The van der Waals surface area contributed by atoms with Crippen molar-refractivity contribution in [3.05, 3.63) is 23.8 Å². The van der Waals surface area contributed by atoms with Crippen LogP contribution in [0.25, 0.3) is 0 Å². The molecule has 0 aromatic heterocycles. The number of rotatable bonds is 12. The first kappa shape index (κ1) is 31.6. The maximum atomic E-state index is 13.5. The first-order valence-corrected chi connectivity index (χ1v) is 13.4. The number of anilines is 1. The maximum absolute atomic E-state index is 13.5. The second kappa shape index (κ2) is 14.0. The topological polar surface area (TPSA) is 168 Å². The third-order valence-corrected chi connectivity index (χ3v) is 7.68. The summed E-state index contributed by atoms with van der Waals surface area (Å²) in [6, 6.07) is 2.67. The number of aromatic hydroxyl groups is 1. The minimum absolute atomic E-state index is 0.0101. The van der Waals surface area contributed by atoms with Crippen LogP contribution in [-0.4, -0.2) is 58.7 Å². The zero-order chi connectivity index (χ0) is 29.3. The number of carbonyl (C=O) groups excluding carboxylic acids is 4. The summed E-state index contributed by atoms with van der Waals surface area (Å²) in [7, 11) is 0. The molecule has 0 bridgehead atoms. The van der Waals surface area contributed by atoms with Crippen molar-refractivity contribution in [2.24, 2.45) is 17.3 Å². The Morgan fingerprint density at radius 3 is 2.31 bits per heavy atom. The molecule has 1 aliphatic rings. The van der Waals surface area contributed by atoms with Gasteiger partial charge in [-0.3, -0.25) is 19.2 Å². The van der Waals surface area contributed by atoms with Gasteiger partial charge in [-0.05, 0) is 45.7 Å². The number of hydrogen-bond acceptors (Lipinski definition) is 8. The summed E-state index contributed by atoms with van der Waals surface area (Å²) in [6.07, 6.45) is 2.21. The van der Waals surface area contributed by atoms with Crippen LogP contribution in [0.3, 0.4) is 0 Å². The Labute approximate surface area is 228 Å². The zero-order valence-electron chi connectivity index (χ0n) is 23.2. The Hall–Kier alpha value is -3.63. The number of phenolic OH excluding ortho intramolecular Hbond substituents is 1. The predicted molar refractivity (Wildman–Crippen MR) is 142 cm³/mol. The Morgan fingerprint density at radius 1 is 1.05 bits per heavy atom. The molecule has 11 heteroatoms. The third-order valence-electron chi connectivity index (χ3n) is 7.68. The summed E-state index contributed by atoms with van der Waals surface area (Å²) >= 11 is 0. The lowest BCUT2D eigenvalue weighted by Crippen LogP contribution is -2.50. The van der Waals surface area contributed by atoms with Gasteiger partial charge >= 0.3 is 17.9 Å². The standard InChI is InChI=1S/C28H40N2O9/c1-6-8-9-10-12-18-21(28(5,7-2)27(36)37)16(3)38-26(35)22(17(4)39-25(18)34)30-24(33)19-13-11-14-20(23(19)32)29-15-31/h11,13-18,21-22,32H,6-10,12H2,1-5H3,(H,29,31)(H,30,33)(H,36,37)/t16-,17+,18+,21+,22-,28?/m0/s1. The quantitative estimate of drug-likeness (QED) is 0.132. The smallest absolute Gasteiger partial charge is 0.332 e. The van der Waals surface area contributed by atoms with Crippen molar-refractivity contribution < 1.29 is 43.7 Å². The molecule has 6 atom stereocenters. The Balaban J connectivity index is 2.45. The molecule has 1 fully saturated rings. The average molecular weight is 549 g/mol. The minimum atomic E-state index is -1.44. The number of ether oxygens (including phenoxy) is 2. The summed E-state index contributed by atoms with van der Waals surface area (Å²) in [5, 5.41) is 25.3. The van der Waals surface area contributed by atoms with Crippen LogP contribution in [0, 0.1) is 17.3 Å². The molecule has 0 spiro atoms. The van der Waals surface area contributed by atoms with E-state index in [1.807, 2.05) is 0 Å². The molecular weight excluding hydrogens is 508 g/mol. The van der Waals surface area contributed by atoms with Gasteiger partial charge in [-0.25, -0.2) is 4.79 Å². The van der Waals surface area contributed by atoms with Crippen LogP contribution in [-0.2, 0) is 28.7 Å². The van der Waals surface area contributed by atoms with Crippen molar-refractivity contribution in [3.63, 3.8) is 0 Å². The number of amides is 2. The van der Waals surface area contributed by atoms with Gasteiger partial charge in [0.2, 0.25) is 6.41 Å². The monoisotopic (exact) mass is 548 g/mol. The minimum Gasteiger partial charge on any atom is -0.505 e. The molecule has 2 amide bonds. The highest BCUT2D eigenvalue weighted by Crippen LogP contribution is 2.43. The largest absolute Gasteiger partial charge is 0.505 e. The van der Waals surface area contributed by atoms with Gasteiger partial charge in [0.1, 0.15) is 12.2 Å². The van der Waals surface area contributed by atoms with Crippen LogP contribution in [0.2, 0.25) is 0 Å². The Kier molecular flexibility index (Phi) is 11.3. The first-order valence-electron chi connectivity index (χ1n) is 13.4. The highest BCUT2D eigenvalue weighted by molar-refractivity contribution is 6.01. The molecule has 1 heterocycles. The molecule has 216 valence electrons. The van der Waals surface area contributed by atoms with Crippen LogP contribution in [0.5, 0.6) is 5.75 Å². The third kappa shape index (κ3) is 7.27. The van der Waals surface area contributed by atoms with E-state index in [-0.39, 0.29) is 17.7 Å². The number of hydrogen-bond donors (Lipinski definition) is 4.